The summed E-state index contributed by atoms with van der Waals surface area (Å²) in [5, 5.41) is 18.6. The van der Waals surface area contributed by atoms with Crippen molar-refractivity contribution in [2.24, 2.45) is 0 Å². The van der Waals surface area contributed by atoms with Gasteiger partial charge < -0.3 is 14.5 Å². The van der Waals surface area contributed by atoms with Gasteiger partial charge in [-0.15, -0.1) is 0 Å². The molecule has 26 heavy (non-hydrogen) atoms. The van der Waals surface area contributed by atoms with Gasteiger partial charge in [-0.05, 0) is 48.9 Å². The summed E-state index contributed by atoms with van der Waals surface area (Å²) < 4.78 is 10.3. The topological polar surface area (TPSA) is 99.2 Å². The summed E-state index contributed by atoms with van der Waals surface area (Å²) in [4.78, 5) is 12.4. The van der Waals surface area contributed by atoms with Crippen LogP contribution in [0, 0.1) is 17.7 Å². The van der Waals surface area contributed by atoms with Crippen molar-refractivity contribution in [3.63, 3.8) is 0 Å². The van der Waals surface area contributed by atoms with E-state index in [9.17, 15) is 4.79 Å². The van der Waals surface area contributed by atoms with Crippen molar-refractivity contribution >= 4 is 23.4 Å². The number of furan rings is 1. The molecule has 0 aliphatic rings. The second-order valence-electron chi connectivity index (χ2n) is 5.59. The number of hydrogen-bond acceptors (Lipinski definition) is 5. The zero-order valence-corrected chi connectivity index (χ0v) is 14.1. The highest BCUT2D eigenvalue weighted by Gasteiger charge is 2.13. The lowest BCUT2D eigenvalue weighted by molar-refractivity contribution is 0.102. The van der Waals surface area contributed by atoms with Crippen LogP contribution in [0.4, 0.5) is 5.69 Å². The maximum absolute atomic E-state index is 12.4. The molecule has 0 fully saturated rings. The molecule has 130 valence electrons. The normalized spacial score (nSPS) is 10.2. The Morgan fingerprint density at radius 2 is 1.81 bits per heavy atom. The van der Waals surface area contributed by atoms with E-state index in [2.05, 4.69) is 5.32 Å². The average molecular weight is 347 g/mol. The Hall–Kier alpha value is -3.67. The average Bonchev–Trinajstić information content (AvgIpc) is 3.17. The van der Waals surface area contributed by atoms with Gasteiger partial charge in [0.15, 0.2) is 5.76 Å². The second kappa shape index (κ2) is 7.48. The number of carbonyl (C=O) groups excluding carboxylic acids is 1. The van der Waals surface area contributed by atoms with Crippen LogP contribution in [0.5, 0.6) is 0 Å². The van der Waals surface area contributed by atoms with E-state index in [0.29, 0.717) is 16.8 Å². The lowest BCUT2D eigenvalue weighted by atomic mass is 10.1. The van der Waals surface area contributed by atoms with Gasteiger partial charge in [0, 0.05) is 16.8 Å². The molecular weight excluding hydrogens is 330 g/mol. The Kier molecular flexibility index (Phi) is 4.94. The Balaban J connectivity index is 1.72. The first-order valence-corrected chi connectivity index (χ1v) is 7.91. The molecule has 0 spiro atoms. The van der Waals surface area contributed by atoms with E-state index < -0.39 is 0 Å². The molecular formula is C20H17N3O3. The Bertz CT molecular complexity index is 962. The van der Waals surface area contributed by atoms with Crippen molar-refractivity contribution in [1.29, 1.82) is 10.8 Å². The van der Waals surface area contributed by atoms with E-state index in [1.165, 1.54) is 6.26 Å². The predicted octanol–water partition coefficient (Wildman–Crippen LogP) is 4.21. The van der Waals surface area contributed by atoms with Crippen LogP contribution in [-0.4, -0.2) is 17.7 Å². The summed E-state index contributed by atoms with van der Waals surface area (Å²) >= 11 is 0. The quantitative estimate of drug-likeness (QED) is 0.487. The van der Waals surface area contributed by atoms with Gasteiger partial charge in [-0.25, -0.2) is 0 Å². The van der Waals surface area contributed by atoms with Crippen LogP contribution >= 0.6 is 0 Å². The maximum atomic E-state index is 12.4. The van der Waals surface area contributed by atoms with Gasteiger partial charge in [0.1, 0.15) is 0 Å². The largest absolute Gasteiger partial charge is 0.459 e. The van der Waals surface area contributed by atoms with Crippen LogP contribution in [0.25, 0.3) is 0 Å². The number of nitrogens with one attached hydrogen (secondary N) is 3. The fraction of sp³-hybridized carbons (Fsp3) is 0.0500. The molecule has 1 amide bonds. The summed E-state index contributed by atoms with van der Waals surface area (Å²) in [5.74, 6) is -0.456. The third kappa shape index (κ3) is 3.87. The van der Waals surface area contributed by atoms with Crippen molar-refractivity contribution in [3.8, 4) is 0 Å². The lowest BCUT2D eigenvalue weighted by Gasteiger charge is -2.10. The highest BCUT2D eigenvalue weighted by molar-refractivity contribution is 6.07. The van der Waals surface area contributed by atoms with Crippen molar-refractivity contribution in [3.05, 3.63) is 89.4 Å². The maximum Gasteiger partial charge on any atom is 0.257 e. The molecule has 2 aromatic carbocycles. The molecule has 0 saturated carbocycles. The minimum absolute atomic E-state index is 0.210. The first-order chi connectivity index (χ1) is 12.5. The van der Waals surface area contributed by atoms with Gasteiger partial charge in [0.2, 0.25) is 5.90 Å². The number of hydrogen-bond donors (Lipinski definition) is 3. The molecule has 0 aliphatic heterocycles. The fourth-order valence-corrected chi connectivity index (χ4v) is 2.38. The first-order valence-electron chi connectivity index (χ1n) is 7.91. The molecule has 1 aromatic heterocycles. The Morgan fingerprint density at radius 1 is 1.00 bits per heavy atom. The van der Waals surface area contributed by atoms with E-state index in [0.717, 1.165) is 5.56 Å². The van der Waals surface area contributed by atoms with Crippen LogP contribution < -0.4 is 5.32 Å². The van der Waals surface area contributed by atoms with E-state index in [4.69, 9.17) is 20.0 Å². The van der Waals surface area contributed by atoms with E-state index in [-0.39, 0.29) is 23.5 Å². The molecule has 0 saturated heterocycles. The van der Waals surface area contributed by atoms with Crippen LogP contribution in [0.3, 0.4) is 0 Å². The van der Waals surface area contributed by atoms with E-state index in [1.807, 2.05) is 25.1 Å². The lowest BCUT2D eigenvalue weighted by Crippen LogP contribution is -2.15. The molecule has 3 rings (SSSR count). The third-order valence-electron chi connectivity index (χ3n) is 3.72. The highest BCUT2D eigenvalue weighted by Crippen LogP contribution is 2.15. The molecule has 6 nitrogen and oxygen atoms in total. The van der Waals surface area contributed by atoms with E-state index in [1.54, 1.807) is 42.5 Å². The second-order valence-corrected chi connectivity index (χ2v) is 5.59. The first kappa shape index (κ1) is 17.2. The smallest absolute Gasteiger partial charge is 0.257 e. The minimum Gasteiger partial charge on any atom is -0.459 e. The summed E-state index contributed by atoms with van der Waals surface area (Å²) in [6.45, 7) is 1.87. The predicted molar refractivity (Wildman–Crippen MR) is 99.0 cm³/mol. The summed E-state index contributed by atoms with van der Waals surface area (Å²) in [5.41, 5.74) is 2.44. The number of carbonyl (C=O) groups is 1. The van der Waals surface area contributed by atoms with Crippen molar-refractivity contribution in [1.82, 2.24) is 0 Å². The Morgan fingerprint density at radius 3 is 2.54 bits per heavy atom. The van der Waals surface area contributed by atoms with Crippen LogP contribution in [0.15, 0.2) is 71.3 Å². The van der Waals surface area contributed by atoms with Gasteiger partial charge in [0.25, 0.3) is 11.8 Å². The molecule has 3 N–H and O–H groups in total. The number of ether oxygens (including phenoxy) is 1. The van der Waals surface area contributed by atoms with Gasteiger partial charge in [-0.3, -0.25) is 15.6 Å². The van der Waals surface area contributed by atoms with Gasteiger partial charge >= 0.3 is 0 Å². The van der Waals surface area contributed by atoms with E-state index >= 15 is 0 Å². The molecule has 0 aliphatic carbocycles. The zero-order valence-electron chi connectivity index (χ0n) is 14.1. The summed E-state index contributed by atoms with van der Waals surface area (Å²) in [7, 11) is 0. The van der Waals surface area contributed by atoms with Gasteiger partial charge in [0.05, 0.1) is 6.26 Å². The van der Waals surface area contributed by atoms with Crippen molar-refractivity contribution in [2.45, 2.75) is 6.92 Å². The van der Waals surface area contributed by atoms with Gasteiger partial charge in [-0.1, -0.05) is 24.3 Å². The standard InChI is InChI=1S/C20H17N3O3/c1-13-6-2-3-9-16(13)20(24)23-15-8-4-7-14(12-15)18(21)26-19(22)17-10-5-11-25-17/h2-12,21-22H,1H3,(H,23,24). The van der Waals surface area contributed by atoms with Gasteiger partial charge in [-0.2, -0.15) is 0 Å². The molecule has 0 unspecified atom stereocenters. The summed E-state index contributed by atoms with van der Waals surface area (Å²) in [6.07, 6.45) is 1.43. The fourth-order valence-electron chi connectivity index (χ4n) is 2.38. The monoisotopic (exact) mass is 347 g/mol. The SMILES string of the molecule is Cc1ccccc1C(=O)Nc1cccc(C(=N)OC(=N)c2ccco2)c1. The van der Waals surface area contributed by atoms with Crippen LogP contribution in [-0.2, 0) is 4.74 Å². The number of amides is 1. The third-order valence-corrected chi connectivity index (χ3v) is 3.72. The van der Waals surface area contributed by atoms with Crippen molar-refractivity contribution in [2.75, 3.05) is 5.32 Å². The number of aryl methyl sites for hydroxylation is 1. The molecule has 0 radical (unpaired) electrons. The summed E-state index contributed by atoms with van der Waals surface area (Å²) in [6, 6.07) is 17.2. The number of rotatable bonds is 4. The zero-order chi connectivity index (χ0) is 18.5. The van der Waals surface area contributed by atoms with Crippen molar-refractivity contribution < 1.29 is 13.9 Å². The van der Waals surface area contributed by atoms with Crippen LogP contribution in [0.2, 0.25) is 0 Å². The highest BCUT2D eigenvalue weighted by atomic mass is 16.5. The molecule has 6 heteroatoms. The molecule has 3 aromatic rings. The molecule has 1 heterocycles. The molecule has 0 atom stereocenters. The molecule has 0 bridgehead atoms. The number of benzene rings is 2. The Labute approximate surface area is 150 Å². The van der Waals surface area contributed by atoms with Crippen LogP contribution in [0.1, 0.15) is 27.2 Å². The number of anilines is 1. The minimum atomic E-state index is -0.255.